The Labute approximate surface area is 305 Å². The quantitative estimate of drug-likeness (QED) is 0.170. The van der Waals surface area contributed by atoms with Crippen LogP contribution in [0.4, 0.5) is 17.1 Å². The number of hydrogen-bond acceptors (Lipinski definition) is 3. The summed E-state index contributed by atoms with van der Waals surface area (Å²) in [6, 6.07) is 66.6. The summed E-state index contributed by atoms with van der Waals surface area (Å²) in [6.45, 7) is 0. The Bertz CT molecular complexity index is 3170. The number of anilines is 3. The van der Waals surface area contributed by atoms with Crippen molar-refractivity contribution in [2.24, 2.45) is 0 Å². The van der Waals surface area contributed by atoms with E-state index in [1.54, 1.807) is 0 Å². The second-order valence-corrected chi connectivity index (χ2v) is 13.6. The summed E-state index contributed by atoms with van der Waals surface area (Å²) in [7, 11) is 0. The molecule has 2 aromatic heterocycles. The number of nitrogens with zero attached hydrogens (tertiary/aromatic N) is 1. The van der Waals surface area contributed by atoms with Gasteiger partial charge < -0.3 is 13.7 Å². The highest BCUT2D eigenvalue weighted by Gasteiger charge is 2.22. The maximum absolute atomic E-state index is 6.66. The van der Waals surface area contributed by atoms with Crippen LogP contribution >= 0.6 is 0 Å². The Morgan fingerprint density at radius 3 is 1.75 bits per heavy atom. The first-order valence-corrected chi connectivity index (χ1v) is 18.0. The van der Waals surface area contributed by atoms with Crippen LogP contribution in [0.25, 0.3) is 87.7 Å². The molecular weight excluding hydrogens is 647 g/mol. The lowest BCUT2D eigenvalue weighted by Gasteiger charge is -2.27. The third-order valence-corrected chi connectivity index (χ3v) is 10.7. The lowest BCUT2D eigenvalue weighted by Crippen LogP contribution is -2.10. The van der Waals surface area contributed by atoms with Crippen molar-refractivity contribution in [3.05, 3.63) is 188 Å². The fourth-order valence-electron chi connectivity index (χ4n) is 8.24. The van der Waals surface area contributed by atoms with Crippen LogP contribution in [0, 0.1) is 0 Å². The van der Waals surface area contributed by atoms with E-state index in [1.807, 2.05) is 24.3 Å². The standard InChI is InChI=1S/C50H31NO2/c1-2-12-32(13-3-1)38-31-30-37(48-43-17-7-9-23-47(43)53-50(38)48)34-24-27-35(28-25-34)51(45-21-11-19-42-41-16-6-8-22-46(41)52-49(42)45)44-20-10-18-39-36-15-5-4-14-33(36)26-29-40(39)44/h1-31H. The van der Waals surface area contributed by atoms with Crippen molar-refractivity contribution in [3.8, 4) is 22.3 Å². The molecule has 0 bridgehead atoms. The van der Waals surface area contributed by atoms with Gasteiger partial charge in [-0.25, -0.2) is 0 Å². The van der Waals surface area contributed by atoms with E-state index in [2.05, 4.69) is 169 Å². The van der Waals surface area contributed by atoms with Crippen molar-refractivity contribution in [2.45, 2.75) is 0 Å². The Balaban J connectivity index is 1.13. The molecule has 0 saturated carbocycles. The number of para-hydroxylation sites is 3. The van der Waals surface area contributed by atoms with Gasteiger partial charge in [-0.2, -0.15) is 0 Å². The molecule has 0 fully saturated rings. The molecule has 0 atom stereocenters. The molecule has 0 aliphatic heterocycles. The van der Waals surface area contributed by atoms with Crippen molar-refractivity contribution in [2.75, 3.05) is 4.90 Å². The Morgan fingerprint density at radius 1 is 0.321 bits per heavy atom. The first kappa shape index (κ1) is 29.6. The number of benzene rings is 9. The lowest BCUT2D eigenvalue weighted by atomic mass is 9.94. The van der Waals surface area contributed by atoms with Crippen LogP contribution in [-0.4, -0.2) is 0 Å². The van der Waals surface area contributed by atoms with Gasteiger partial charge >= 0.3 is 0 Å². The van der Waals surface area contributed by atoms with Gasteiger partial charge in [0, 0.05) is 38.2 Å². The first-order valence-electron chi connectivity index (χ1n) is 18.0. The zero-order valence-electron chi connectivity index (χ0n) is 28.7. The van der Waals surface area contributed by atoms with Crippen LogP contribution in [0.15, 0.2) is 197 Å². The zero-order chi connectivity index (χ0) is 34.9. The van der Waals surface area contributed by atoms with E-state index < -0.39 is 0 Å². The first-order chi connectivity index (χ1) is 26.3. The summed E-state index contributed by atoms with van der Waals surface area (Å²) in [4.78, 5) is 2.35. The molecular formula is C50H31NO2. The van der Waals surface area contributed by atoms with Gasteiger partial charge in [0.05, 0.1) is 11.4 Å². The summed E-state index contributed by atoms with van der Waals surface area (Å²) in [5, 5.41) is 9.29. The average molecular weight is 678 g/mol. The topological polar surface area (TPSA) is 29.5 Å². The lowest BCUT2D eigenvalue weighted by molar-refractivity contribution is 0.669. The number of furan rings is 2. The average Bonchev–Trinajstić information content (AvgIpc) is 3.81. The summed E-state index contributed by atoms with van der Waals surface area (Å²) in [5.74, 6) is 0. The monoisotopic (exact) mass is 677 g/mol. The molecule has 2 heterocycles. The molecule has 11 rings (SSSR count). The van der Waals surface area contributed by atoms with E-state index in [9.17, 15) is 0 Å². The van der Waals surface area contributed by atoms with Gasteiger partial charge in [-0.15, -0.1) is 0 Å². The van der Waals surface area contributed by atoms with Gasteiger partial charge in [-0.1, -0.05) is 146 Å². The molecule has 9 aromatic carbocycles. The van der Waals surface area contributed by atoms with Gasteiger partial charge in [0.1, 0.15) is 16.7 Å². The SMILES string of the molecule is c1ccc(-c2ccc(-c3ccc(N(c4cccc5c4ccc4ccccc45)c4cccc5c4oc4ccccc45)cc3)c3c2oc2ccccc23)cc1. The van der Waals surface area contributed by atoms with Crippen LogP contribution in [-0.2, 0) is 0 Å². The van der Waals surface area contributed by atoms with Crippen molar-refractivity contribution in [1.82, 2.24) is 0 Å². The van der Waals surface area contributed by atoms with Crippen LogP contribution in [0.2, 0.25) is 0 Å². The van der Waals surface area contributed by atoms with Crippen molar-refractivity contribution in [1.29, 1.82) is 0 Å². The molecule has 248 valence electrons. The summed E-state index contributed by atoms with van der Waals surface area (Å²) in [5.41, 5.74) is 11.1. The number of rotatable bonds is 5. The molecule has 0 aliphatic rings. The Kier molecular flexibility index (Phi) is 6.55. The normalized spacial score (nSPS) is 11.8. The maximum Gasteiger partial charge on any atom is 0.159 e. The number of hydrogen-bond donors (Lipinski definition) is 0. The summed E-state index contributed by atoms with van der Waals surface area (Å²) >= 11 is 0. The maximum atomic E-state index is 6.66. The fraction of sp³-hybridized carbons (Fsp3) is 0. The van der Waals surface area contributed by atoms with Gasteiger partial charge in [-0.05, 0) is 75.3 Å². The largest absolute Gasteiger partial charge is 0.455 e. The molecule has 0 spiro atoms. The highest BCUT2D eigenvalue weighted by atomic mass is 16.3. The Hall–Kier alpha value is -7.10. The highest BCUT2D eigenvalue weighted by Crippen LogP contribution is 2.46. The predicted octanol–water partition coefficient (Wildman–Crippen LogP) is 14.6. The molecule has 3 nitrogen and oxygen atoms in total. The van der Waals surface area contributed by atoms with E-state index in [1.165, 1.54) is 21.5 Å². The second kappa shape index (κ2) is 11.7. The Morgan fingerprint density at radius 2 is 0.925 bits per heavy atom. The van der Waals surface area contributed by atoms with Crippen LogP contribution in [0.1, 0.15) is 0 Å². The third kappa shape index (κ3) is 4.61. The van der Waals surface area contributed by atoms with E-state index in [0.29, 0.717) is 0 Å². The van der Waals surface area contributed by atoms with Crippen molar-refractivity contribution < 1.29 is 8.83 Å². The minimum Gasteiger partial charge on any atom is -0.455 e. The highest BCUT2D eigenvalue weighted by molar-refractivity contribution is 6.17. The van der Waals surface area contributed by atoms with E-state index >= 15 is 0 Å². The van der Waals surface area contributed by atoms with Crippen LogP contribution in [0.3, 0.4) is 0 Å². The van der Waals surface area contributed by atoms with Gasteiger partial charge in [-0.3, -0.25) is 0 Å². The van der Waals surface area contributed by atoms with Crippen molar-refractivity contribution >= 4 is 82.5 Å². The van der Waals surface area contributed by atoms with Gasteiger partial charge in [0.25, 0.3) is 0 Å². The predicted molar refractivity (Wildman–Crippen MR) is 222 cm³/mol. The van der Waals surface area contributed by atoms with Gasteiger partial charge in [0.2, 0.25) is 0 Å². The van der Waals surface area contributed by atoms with E-state index in [-0.39, 0.29) is 0 Å². The van der Waals surface area contributed by atoms with Crippen LogP contribution < -0.4 is 4.90 Å². The minimum absolute atomic E-state index is 0.860. The summed E-state index contributed by atoms with van der Waals surface area (Å²) in [6.07, 6.45) is 0. The fourth-order valence-corrected chi connectivity index (χ4v) is 8.24. The molecule has 3 heteroatoms. The molecule has 53 heavy (non-hydrogen) atoms. The van der Waals surface area contributed by atoms with E-state index in [4.69, 9.17) is 8.83 Å². The zero-order valence-corrected chi connectivity index (χ0v) is 28.7. The molecule has 0 amide bonds. The minimum atomic E-state index is 0.860. The molecule has 0 unspecified atom stereocenters. The molecule has 0 saturated heterocycles. The molecule has 0 radical (unpaired) electrons. The molecule has 0 N–H and O–H groups in total. The number of fused-ring (bicyclic) bond motifs is 9. The van der Waals surface area contributed by atoms with Gasteiger partial charge in [0.15, 0.2) is 5.58 Å². The van der Waals surface area contributed by atoms with E-state index in [0.717, 1.165) is 83.2 Å². The van der Waals surface area contributed by atoms with Crippen molar-refractivity contribution in [3.63, 3.8) is 0 Å². The molecule has 11 aromatic rings. The van der Waals surface area contributed by atoms with Crippen LogP contribution in [0.5, 0.6) is 0 Å². The second-order valence-electron chi connectivity index (χ2n) is 13.6. The third-order valence-electron chi connectivity index (χ3n) is 10.7. The molecule has 0 aliphatic carbocycles. The summed E-state index contributed by atoms with van der Waals surface area (Å²) < 4.78 is 13.3. The smallest absolute Gasteiger partial charge is 0.159 e.